The number of pyridine rings is 1. The van der Waals surface area contributed by atoms with Gasteiger partial charge < -0.3 is 10.8 Å². The first-order valence-electron chi connectivity index (χ1n) is 3.07. The summed E-state index contributed by atoms with van der Waals surface area (Å²) in [5.41, 5.74) is 5.68. The van der Waals surface area contributed by atoms with E-state index in [-0.39, 0.29) is 19.1 Å². The number of hydrogen-bond acceptors (Lipinski definition) is 4. The highest BCUT2D eigenvalue weighted by molar-refractivity contribution is 5.53. The summed E-state index contributed by atoms with van der Waals surface area (Å²) in [6, 6.07) is 3.19. The lowest BCUT2D eigenvalue weighted by Crippen LogP contribution is -1.87. The van der Waals surface area contributed by atoms with Crippen molar-refractivity contribution < 1.29 is 5.11 Å². The van der Waals surface area contributed by atoms with Gasteiger partial charge in [-0.15, -0.1) is 5.10 Å². The highest BCUT2D eigenvalue weighted by Crippen LogP contribution is 2.14. The van der Waals surface area contributed by atoms with Crippen LogP contribution in [0.1, 0.15) is 7.43 Å². The molecular weight excluding hydrogens is 156 g/mol. The minimum Gasteiger partial charge on any atom is -0.504 e. The Balaban J connectivity index is 0.000000720. The van der Waals surface area contributed by atoms with Gasteiger partial charge in [0.05, 0.1) is 0 Å². The van der Waals surface area contributed by atoms with Crippen LogP contribution in [0.3, 0.4) is 0 Å². The molecule has 0 spiro atoms. The first-order chi connectivity index (χ1) is 5.27. The topological polar surface area (TPSA) is 76.4 Å². The molecule has 0 aromatic carbocycles. The third kappa shape index (κ3) is 1.05. The van der Waals surface area contributed by atoms with E-state index in [1.54, 1.807) is 12.3 Å². The van der Waals surface area contributed by atoms with Crippen molar-refractivity contribution in [2.75, 3.05) is 5.73 Å². The average molecular weight is 166 g/mol. The molecule has 0 unspecified atom stereocenters. The third-order valence-corrected chi connectivity index (χ3v) is 1.36. The number of aromatic nitrogens is 3. The van der Waals surface area contributed by atoms with Gasteiger partial charge in [0.25, 0.3) is 0 Å². The van der Waals surface area contributed by atoms with E-state index in [2.05, 4.69) is 10.1 Å². The molecule has 0 amide bonds. The van der Waals surface area contributed by atoms with Crippen molar-refractivity contribution in [3.05, 3.63) is 18.3 Å². The molecule has 5 nitrogen and oxygen atoms in total. The van der Waals surface area contributed by atoms with Crippen LogP contribution in [0, 0.1) is 0 Å². The third-order valence-electron chi connectivity index (χ3n) is 1.36. The molecule has 3 N–H and O–H groups in total. The molecule has 0 aliphatic carbocycles. The van der Waals surface area contributed by atoms with Gasteiger partial charge in [0.2, 0.25) is 5.95 Å². The zero-order valence-corrected chi connectivity index (χ0v) is 5.60. The van der Waals surface area contributed by atoms with Crippen LogP contribution in [-0.2, 0) is 0 Å². The van der Waals surface area contributed by atoms with E-state index in [1.165, 1.54) is 10.6 Å². The van der Waals surface area contributed by atoms with Crippen molar-refractivity contribution in [3.63, 3.8) is 0 Å². The van der Waals surface area contributed by atoms with Crippen molar-refractivity contribution in [2.24, 2.45) is 0 Å². The lowest BCUT2D eigenvalue weighted by molar-refractivity contribution is 0.477. The first kappa shape index (κ1) is 8.32. The summed E-state index contributed by atoms with van der Waals surface area (Å²) in [7, 11) is 0. The molecule has 0 aliphatic rings. The maximum absolute atomic E-state index is 9.21. The number of hydrogen-bond donors (Lipinski definition) is 2. The van der Waals surface area contributed by atoms with Gasteiger partial charge in [-0.3, -0.25) is 0 Å². The highest BCUT2D eigenvalue weighted by atomic mass is 16.3. The minimum atomic E-state index is 0. The average Bonchev–Trinajstić information content (AvgIpc) is 2.31. The molecule has 0 fully saturated rings. The molecule has 12 heavy (non-hydrogen) atoms. The fraction of sp³-hybridized carbons (Fsp3) is 0.143. The van der Waals surface area contributed by atoms with Crippen molar-refractivity contribution in [1.29, 1.82) is 0 Å². The van der Waals surface area contributed by atoms with Crippen LogP contribution in [0.4, 0.5) is 5.95 Å². The first-order valence-corrected chi connectivity index (χ1v) is 3.07. The molecule has 0 radical (unpaired) electrons. The monoisotopic (exact) mass is 166 g/mol. The van der Waals surface area contributed by atoms with Gasteiger partial charge in [-0.2, -0.15) is 4.98 Å². The van der Waals surface area contributed by atoms with E-state index < -0.39 is 0 Å². The van der Waals surface area contributed by atoms with Gasteiger partial charge in [0.1, 0.15) is 0 Å². The summed E-state index contributed by atoms with van der Waals surface area (Å²) in [6.07, 6.45) is 1.67. The summed E-state index contributed by atoms with van der Waals surface area (Å²) in [5.74, 6) is 0.239. The van der Waals surface area contributed by atoms with E-state index in [0.717, 1.165) is 0 Å². The molecule has 0 saturated carbocycles. The SMILES string of the molecule is C.Nc1nc2c(O)cccn2n1. The Morgan fingerprint density at radius 2 is 2.25 bits per heavy atom. The fourth-order valence-corrected chi connectivity index (χ4v) is 0.909. The van der Waals surface area contributed by atoms with Crippen LogP contribution < -0.4 is 5.73 Å². The fourth-order valence-electron chi connectivity index (χ4n) is 0.909. The maximum atomic E-state index is 9.21. The van der Waals surface area contributed by atoms with Crippen LogP contribution in [-0.4, -0.2) is 19.7 Å². The molecule has 5 heteroatoms. The van der Waals surface area contributed by atoms with Gasteiger partial charge in [0.15, 0.2) is 11.4 Å². The summed E-state index contributed by atoms with van der Waals surface area (Å²) in [4.78, 5) is 3.79. The second kappa shape index (κ2) is 2.69. The Labute approximate surface area is 69.5 Å². The summed E-state index contributed by atoms with van der Waals surface area (Å²) in [6.45, 7) is 0. The Hall–Kier alpha value is -1.78. The van der Waals surface area contributed by atoms with Crippen LogP contribution in [0.5, 0.6) is 5.75 Å². The molecule has 0 saturated heterocycles. The molecule has 2 aromatic rings. The van der Waals surface area contributed by atoms with Crippen LogP contribution in [0.25, 0.3) is 5.65 Å². The van der Waals surface area contributed by atoms with Crippen LogP contribution >= 0.6 is 0 Å². The van der Waals surface area contributed by atoms with Gasteiger partial charge in [-0.25, -0.2) is 4.52 Å². The number of fused-ring (bicyclic) bond motifs is 1. The van der Waals surface area contributed by atoms with Crippen molar-refractivity contribution in [2.45, 2.75) is 7.43 Å². The second-order valence-electron chi connectivity index (χ2n) is 2.13. The largest absolute Gasteiger partial charge is 0.504 e. The standard InChI is InChI=1S/C6H6N4O.CH4/c7-6-8-5-4(11)2-1-3-10(5)9-6;/h1-3,11H,(H2,7,9);1H4. The zero-order valence-electron chi connectivity index (χ0n) is 5.60. The highest BCUT2D eigenvalue weighted by Gasteiger charge is 2.02. The second-order valence-corrected chi connectivity index (χ2v) is 2.13. The number of anilines is 1. The van der Waals surface area contributed by atoms with Gasteiger partial charge in [-0.1, -0.05) is 7.43 Å². The summed E-state index contributed by atoms with van der Waals surface area (Å²) < 4.78 is 1.42. The number of nitrogens with two attached hydrogens (primary N) is 1. The molecule has 0 bridgehead atoms. The van der Waals surface area contributed by atoms with Crippen molar-refractivity contribution >= 4 is 11.6 Å². The summed E-state index contributed by atoms with van der Waals surface area (Å²) in [5, 5.41) is 13.0. The Bertz CT molecular complexity index is 395. The van der Waals surface area contributed by atoms with E-state index in [4.69, 9.17) is 5.73 Å². The summed E-state index contributed by atoms with van der Waals surface area (Å²) >= 11 is 0. The number of nitrogen functional groups attached to an aromatic ring is 1. The minimum absolute atomic E-state index is 0. The van der Waals surface area contributed by atoms with E-state index in [9.17, 15) is 5.11 Å². The van der Waals surface area contributed by atoms with Gasteiger partial charge >= 0.3 is 0 Å². The molecule has 0 aliphatic heterocycles. The molecule has 2 heterocycles. The van der Waals surface area contributed by atoms with Crippen LogP contribution in [0.15, 0.2) is 18.3 Å². The maximum Gasteiger partial charge on any atom is 0.240 e. The number of rotatable bonds is 0. The predicted octanol–water partition coefficient (Wildman–Crippen LogP) is 0.653. The van der Waals surface area contributed by atoms with Gasteiger partial charge in [0, 0.05) is 6.20 Å². The smallest absolute Gasteiger partial charge is 0.240 e. The Morgan fingerprint density at radius 3 is 2.92 bits per heavy atom. The van der Waals surface area contributed by atoms with Crippen molar-refractivity contribution in [1.82, 2.24) is 14.6 Å². The van der Waals surface area contributed by atoms with E-state index in [1.807, 2.05) is 0 Å². The lowest BCUT2D eigenvalue weighted by atomic mass is 10.4. The molecular formula is C7H10N4O. The van der Waals surface area contributed by atoms with E-state index in [0.29, 0.717) is 5.65 Å². The Kier molecular flexibility index (Phi) is 1.86. The lowest BCUT2D eigenvalue weighted by Gasteiger charge is -1.90. The Morgan fingerprint density at radius 1 is 1.50 bits per heavy atom. The predicted molar refractivity (Wildman–Crippen MR) is 45.8 cm³/mol. The number of nitrogens with zero attached hydrogens (tertiary/aromatic N) is 3. The molecule has 64 valence electrons. The molecule has 2 rings (SSSR count). The molecule has 0 atom stereocenters. The van der Waals surface area contributed by atoms with Crippen molar-refractivity contribution in [3.8, 4) is 5.75 Å². The van der Waals surface area contributed by atoms with Gasteiger partial charge in [-0.05, 0) is 12.1 Å². The van der Waals surface area contributed by atoms with E-state index >= 15 is 0 Å². The molecule has 2 aromatic heterocycles. The number of aromatic hydroxyl groups is 1. The van der Waals surface area contributed by atoms with Crippen LogP contribution in [0.2, 0.25) is 0 Å². The quantitative estimate of drug-likeness (QED) is 0.602. The normalized spacial score (nSPS) is 9.67. The zero-order chi connectivity index (χ0) is 7.84.